The number of likely N-dealkylation sites (N-methyl/N-ethyl adjacent to an activating group) is 1. The molecule has 3 aromatic rings. The summed E-state index contributed by atoms with van der Waals surface area (Å²) in [5, 5.41) is 12.7. The van der Waals surface area contributed by atoms with Gasteiger partial charge in [0.1, 0.15) is 30.8 Å². The summed E-state index contributed by atoms with van der Waals surface area (Å²) in [4.78, 5) is 18.8. The van der Waals surface area contributed by atoms with Gasteiger partial charge in [0, 0.05) is 18.0 Å². The molecule has 2 aromatic carbocycles. The minimum Gasteiger partial charge on any atom is -0.491 e. The Hall–Kier alpha value is -2.87. The zero-order valence-corrected chi connectivity index (χ0v) is 22.2. The predicted molar refractivity (Wildman–Crippen MR) is 144 cm³/mol. The molecule has 0 fully saturated rings. The van der Waals surface area contributed by atoms with Crippen LogP contribution < -0.4 is 9.47 Å². The zero-order chi connectivity index (χ0) is 25.5. The average molecular weight is 509 g/mol. The van der Waals surface area contributed by atoms with E-state index in [0.717, 1.165) is 29.0 Å². The van der Waals surface area contributed by atoms with E-state index < -0.39 is 6.10 Å². The van der Waals surface area contributed by atoms with Crippen LogP contribution in [-0.2, 0) is 11.2 Å². The number of hydrogen-bond donors (Lipinski definition) is 1. The minimum atomic E-state index is -0.692. The number of carbonyl (C=O) groups is 1. The van der Waals surface area contributed by atoms with Crippen molar-refractivity contribution in [2.24, 2.45) is 0 Å². The number of hydrogen-bond acceptors (Lipinski definition) is 6. The highest BCUT2D eigenvalue weighted by molar-refractivity contribution is 7.10. The molecule has 0 saturated heterocycles. The number of carbonyl (C=O) groups excluding carboxylic acids is 1. The van der Waals surface area contributed by atoms with Crippen molar-refractivity contribution in [2.45, 2.75) is 39.3 Å². The number of aryl methyl sites for hydroxylation is 2. The van der Waals surface area contributed by atoms with Crippen LogP contribution in [0.15, 0.2) is 60.0 Å². The summed E-state index contributed by atoms with van der Waals surface area (Å²) in [6, 6.07) is 17.7. The maximum absolute atomic E-state index is 13.5. The van der Waals surface area contributed by atoms with Gasteiger partial charge in [-0.25, -0.2) is 0 Å². The number of aliphatic hydroxyl groups is 1. The monoisotopic (exact) mass is 508 g/mol. The minimum absolute atomic E-state index is 0.0547. The standard InChI is InChI=1S/C29H36N2O4S/c1-4-30(17-23(32)19-34-26-11-7-5-9-21(26)2)18-29(33)31-15-13-28-24(14-16-36-28)25(31)20-35-27-12-8-6-10-22(27)3/h5-12,14,16,23,25,32H,4,13,15,17-20H2,1-3H3/t23-,25-/m1/s1. The number of ether oxygens (including phenoxy) is 2. The Labute approximate surface area is 218 Å². The smallest absolute Gasteiger partial charge is 0.237 e. The van der Waals surface area contributed by atoms with Gasteiger partial charge in [0.15, 0.2) is 0 Å². The number of benzene rings is 2. The van der Waals surface area contributed by atoms with Crippen LogP contribution in [0.3, 0.4) is 0 Å². The first-order chi connectivity index (χ1) is 17.5. The van der Waals surface area contributed by atoms with Crippen molar-refractivity contribution in [3.63, 3.8) is 0 Å². The van der Waals surface area contributed by atoms with E-state index in [9.17, 15) is 9.90 Å². The maximum atomic E-state index is 13.5. The molecule has 0 radical (unpaired) electrons. The SMILES string of the molecule is CCN(CC(=O)N1CCc2sccc2[C@H]1COc1ccccc1C)C[C@@H](O)COc1ccccc1C. The number of aliphatic hydroxyl groups excluding tert-OH is 1. The molecule has 1 aromatic heterocycles. The van der Waals surface area contributed by atoms with Gasteiger partial charge in [0.05, 0.1) is 12.6 Å². The van der Waals surface area contributed by atoms with Crippen LogP contribution in [0, 0.1) is 13.8 Å². The van der Waals surface area contributed by atoms with Crippen LogP contribution in [-0.4, -0.2) is 66.3 Å². The topological polar surface area (TPSA) is 62.2 Å². The molecule has 1 amide bonds. The highest BCUT2D eigenvalue weighted by atomic mass is 32.1. The number of fused-ring (bicyclic) bond motifs is 1. The first-order valence-electron chi connectivity index (χ1n) is 12.6. The molecule has 36 heavy (non-hydrogen) atoms. The summed E-state index contributed by atoms with van der Waals surface area (Å²) in [5.41, 5.74) is 3.29. The third-order valence-electron chi connectivity index (χ3n) is 6.71. The molecule has 0 unspecified atom stereocenters. The molecule has 0 bridgehead atoms. The first kappa shape index (κ1) is 26.2. The van der Waals surface area contributed by atoms with Gasteiger partial charge in [-0.15, -0.1) is 11.3 Å². The van der Waals surface area contributed by atoms with Gasteiger partial charge in [-0.2, -0.15) is 0 Å². The van der Waals surface area contributed by atoms with Gasteiger partial charge in [-0.3, -0.25) is 9.69 Å². The van der Waals surface area contributed by atoms with Crippen LogP contribution in [0.1, 0.15) is 34.5 Å². The van der Waals surface area contributed by atoms with E-state index in [0.29, 0.717) is 26.2 Å². The lowest BCUT2D eigenvalue weighted by Gasteiger charge is -2.37. The van der Waals surface area contributed by atoms with E-state index in [1.807, 2.05) is 79.1 Å². The van der Waals surface area contributed by atoms with Crippen molar-refractivity contribution in [1.82, 2.24) is 9.80 Å². The van der Waals surface area contributed by atoms with Crippen molar-refractivity contribution in [1.29, 1.82) is 0 Å². The summed E-state index contributed by atoms with van der Waals surface area (Å²) in [6.45, 7) is 8.57. The molecule has 2 atom stereocenters. The second-order valence-electron chi connectivity index (χ2n) is 9.29. The van der Waals surface area contributed by atoms with Gasteiger partial charge in [-0.05, 0) is 67.1 Å². The average Bonchev–Trinajstić information content (AvgIpc) is 3.36. The summed E-state index contributed by atoms with van der Waals surface area (Å²) < 4.78 is 12.0. The normalized spacial score (nSPS) is 16.0. The lowest BCUT2D eigenvalue weighted by Crippen LogP contribution is -2.48. The predicted octanol–water partition coefficient (Wildman–Crippen LogP) is 4.63. The molecule has 0 aliphatic carbocycles. The van der Waals surface area contributed by atoms with Gasteiger partial charge in [-0.1, -0.05) is 43.3 Å². The summed E-state index contributed by atoms with van der Waals surface area (Å²) >= 11 is 1.75. The largest absolute Gasteiger partial charge is 0.491 e. The van der Waals surface area contributed by atoms with Crippen molar-refractivity contribution in [3.8, 4) is 11.5 Å². The van der Waals surface area contributed by atoms with E-state index in [4.69, 9.17) is 9.47 Å². The molecule has 4 rings (SSSR count). The molecule has 2 heterocycles. The molecule has 192 valence electrons. The van der Waals surface area contributed by atoms with Crippen molar-refractivity contribution in [2.75, 3.05) is 39.4 Å². The van der Waals surface area contributed by atoms with Crippen molar-refractivity contribution < 1.29 is 19.4 Å². The third kappa shape index (κ3) is 6.46. The van der Waals surface area contributed by atoms with Crippen LogP contribution >= 0.6 is 11.3 Å². The fourth-order valence-electron chi connectivity index (χ4n) is 4.60. The Morgan fingerprint density at radius 1 is 1.08 bits per heavy atom. The van der Waals surface area contributed by atoms with Crippen molar-refractivity contribution >= 4 is 17.2 Å². The molecule has 1 aliphatic heterocycles. The fourth-order valence-corrected chi connectivity index (χ4v) is 5.53. The second-order valence-corrected chi connectivity index (χ2v) is 10.3. The van der Waals surface area contributed by atoms with Gasteiger partial charge in [0.2, 0.25) is 5.91 Å². The van der Waals surface area contributed by atoms with Gasteiger partial charge >= 0.3 is 0 Å². The quantitative estimate of drug-likeness (QED) is 0.409. The number of para-hydroxylation sites is 2. The van der Waals surface area contributed by atoms with Crippen LogP contribution in [0.2, 0.25) is 0 Å². The van der Waals surface area contributed by atoms with Crippen LogP contribution in [0.5, 0.6) is 11.5 Å². The summed E-state index contributed by atoms with van der Waals surface area (Å²) in [5.74, 6) is 1.67. The maximum Gasteiger partial charge on any atom is 0.237 e. The van der Waals surface area contributed by atoms with E-state index in [2.05, 4.69) is 11.4 Å². The Kier molecular flexibility index (Phi) is 9.02. The Morgan fingerprint density at radius 3 is 2.42 bits per heavy atom. The number of amides is 1. The second kappa shape index (κ2) is 12.4. The lowest BCUT2D eigenvalue weighted by molar-refractivity contribution is -0.136. The molecule has 1 N–H and O–H groups in total. The zero-order valence-electron chi connectivity index (χ0n) is 21.4. The number of rotatable bonds is 11. The van der Waals surface area contributed by atoms with E-state index >= 15 is 0 Å². The highest BCUT2D eigenvalue weighted by Crippen LogP contribution is 2.34. The Balaban J connectivity index is 1.37. The molecule has 1 aliphatic rings. The molecule has 0 spiro atoms. The van der Waals surface area contributed by atoms with E-state index in [1.54, 1.807) is 11.3 Å². The molecular weight excluding hydrogens is 472 g/mol. The van der Waals surface area contributed by atoms with Crippen LogP contribution in [0.25, 0.3) is 0 Å². The Morgan fingerprint density at radius 2 is 1.75 bits per heavy atom. The molecular formula is C29H36N2O4S. The molecule has 6 nitrogen and oxygen atoms in total. The van der Waals surface area contributed by atoms with Crippen LogP contribution in [0.4, 0.5) is 0 Å². The number of thiophene rings is 1. The fraction of sp³-hybridized carbons (Fsp3) is 0.414. The first-order valence-corrected chi connectivity index (χ1v) is 13.5. The van der Waals surface area contributed by atoms with E-state index in [-0.39, 0.29) is 25.1 Å². The van der Waals surface area contributed by atoms with Gasteiger partial charge in [0.25, 0.3) is 0 Å². The Bertz CT molecular complexity index is 1150. The number of nitrogens with zero attached hydrogens (tertiary/aromatic N) is 2. The van der Waals surface area contributed by atoms with Crippen molar-refractivity contribution in [3.05, 3.63) is 81.5 Å². The third-order valence-corrected chi connectivity index (χ3v) is 7.70. The highest BCUT2D eigenvalue weighted by Gasteiger charge is 2.33. The van der Waals surface area contributed by atoms with E-state index in [1.165, 1.54) is 10.4 Å². The molecule has 7 heteroatoms. The summed E-state index contributed by atoms with van der Waals surface area (Å²) in [7, 11) is 0. The van der Waals surface area contributed by atoms with Gasteiger partial charge < -0.3 is 19.5 Å². The summed E-state index contributed by atoms with van der Waals surface area (Å²) in [6.07, 6.45) is 0.167. The molecule has 0 saturated carbocycles. The lowest BCUT2D eigenvalue weighted by atomic mass is 10.0.